The summed E-state index contributed by atoms with van der Waals surface area (Å²) in [5.41, 5.74) is 7.89. The number of unbranched alkanes of at least 4 members (excludes halogenated alkanes) is 1. The molecule has 3 N–H and O–H groups in total. The van der Waals surface area contributed by atoms with Crippen molar-refractivity contribution in [1.29, 1.82) is 0 Å². The number of rotatable bonds is 12. The number of carbonyl (C=O) groups excluding carboxylic acids is 1. The van der Waals surface area contributed by atoms with Gasteiger partial charge in [0.25, 0.3) is 0 Å². The maximum atomic E-state index is 13.3. The van der Waals surface area contributed by atoms with Crippen LogP contribution in [-0.2, 0) is 22.4 Å². The Hall–Kier alpha value is -3.04. The number of hydrogen-bond donors (Lipinski definition) is 2. The zero-order valence-electron chi connectivity index (χ0n) is 21.0. The van der Waals surface area contributed by atoms with E-state index in [4.69, 9.17) is 10.5 Å². The lowest BCUT2D eigenvalue weighted by Crippen LogP contribution is -2.45. The van der Waals surface area contributed by atoms with Crippen molar-refractivity contribution in [3.05, 3.63) is 53.6 Å². The predicted molar refractivity (Wildman–Crippen MR) is 136 cm³/mol. The topological polar surface area (TPSA) is 122 Å². The first-order valence-corrected chi connectivity index (χ1v) is 13.0. The van der Waals surface area contributed by atoms with Crippen LogP contribution in [0.1, 0.15) is 49.1 Å². The molecule has 4 rings (SSSR count). The number of hydrogen-bond acceptors (Lipinski definition) is 7. The van der Waals surface area contributed by atoms with Gasteiger partial charge >= 0.3 is 5.97 Å². The molecule has 2 aliphatic heterocycles. The van der Waals surface area contributed by atoms with Crippen LogP contribution in [0, 0.1) is 5.92 Å². The molecule has 36 heavy (non-hydrogen) atoms. The fourth-order valence-electron chi connectivity index (χ4n) is 5.50. The van der Waals surface area contributed by atoms with Gasteiger partial charge in [-0.25, -0.2) is 9.97 Å². The fourth-order valence-corrected chi connectivity index (χ4v) is 5.50. The van der Waals surface area contributed by atoms with Gasteiger partial charge in [0.1, 0.15) is 11.6 Å². The largest absolute Gasteiger partial charge is 0.493 e. The Morgan fingerprint density at radius 3 is 2.78 bits per heavy atom. The lowest BCUT2D eigenvalue weighted by atomic mass is 9.83. The third kappa shape index (κ3) is 6.02. The van der Waals surface area contributed by atoms with Crippen LogP contribution in [0.3, 0.4) is 0 Å². The van der Waals surface area contributed by atoms with E-state index in [0.29, 0.717) is 51.5 Å². The molecule has 2 aromatic rings. The van der Waals surface area contributed by atoms with Gasteiger partial charge < -0.3 is 20.5 Å². The fraction of sp³-hybridized carbons (Fsp3) is 0.556. The Morgan fingerprint density at radius 2 is 2.06 bits per heavy atom. The molecule has 9 heteroatoms. The number of carbonyl (C=O) groups is 2. The maximum Gasteiger partial charge on any atom is 0.308 e. The van der Waals surface area contributed by atoms with Crippen molar-refractivity contribution in [3.63, 3.8) is 0 Å². The van der Waals surface area contributed by atoms with Crippen molar-refractivity contribution in [2.75, 3.05) is 39.3 Å². The van der Waals surface area contributed by atoms with E-state index >= 15 is 0 Å². The van der Waals surface area contributed by atoms with E-state index < -0.39 is 11.9 Å². The number of carboxylic acids is 1. The van der Waals surface area contributed by atoms with Crippen molar-refractivity contribution in [3.8, 4) is 5.75 Å². The standard InChI is InChI=1S/C27H37N5O4/c1-2-3-13-31(14-10-28)25(33)18-32-17-21(19-5-7-23-20(16-19)9-15-36-23)26(27(34)35)22(32)6-8-24-29-11-4-12-30-24/h4-5,7,11-12,16,21-22,26H,2-3,6,8-10,13-15,17-18,28H2,1H3,(H,34,35). The van der Waals surface area contributed by atoms with Crippen LogP contribution >= 0.6 is 0 Å². The second-order valence-corrected chi connectivity index (χ2v) is 9.66. The van der Waals surface area contributed by atoms with Crippen molar-refractivity contribution >= 4 is 11.9 Å². The number of fused-ring (bicyclic) bond motifs is 1. The first kappa shape index (κ1) is 26.0. The second-order valence-electron chi connectivity index (χ2n) is 9.66. The molecule has 0 aliphatic carbocycles. The minimum absolute atomic E-state index is 0.00185. The van der Waals surface area contributed by atoms with E-state index in [1.807, 2.05) is 17.0 Å². The third-order valence-electron chi connectivity index (χ3n) is 7.33. The van der Waals surface area contributed by atoms with Crippen LogP contribution in [0.25, 0.3) is 0 Å². The Kier molecular flexibility index (Phi) is 8.88. The summed E-state index contributed by atoms with van der Waals surface area (Å²) in [6.07, 6.45) is 7.23. The number of amides is 1. The number of aliphatic carboxylic acids is 1. The van der Waals surface area contributed by atoms with Gasteiger partial charge in [0.2, 0.25) is 5.91 Å². The first-order valence-electron chi connectivity index (χ1n) is 13.0. The molecule has 1 aromatic carbocycles. The molecular formula is C27H37N5O4. The first-order chi connectivity index (χ1) is 17.5. The molecular weight excluding hydrogens is 458 g/mol. The number of ether oxygens (including phenoxy) is 1. The summed E-state index contributed by atoms with van der Waals surface area (Å²) in [5, 5.41) is 10.4. The lowest BCUT2D eigenvalue weighted by molar-refractivity contribution is -0.143. The van der Waals surface area contributed by atoms with Crippen LogP contribution in [0.15, 0.2) is 36.7 Å². The minimum Gasteiger partial charge on any atom is -0.493 e. The van der Waals surface area contributed by atoms with Crippen LogP contribution in [0.5, 0.6) is 5.75 Å². The molecule has 194 valence electrons. The Balaban J connectivity index is 1.59. The van der Waals surface area contributed by atoms with Crippen molar-refractivity contribution < 1.29 is 19.4 Å². The quantitative estimate of drug-likeness (QED) is 0.459. The van der Waals surface area contributed by atoms with Gasteiger partial charge in [0, 0.05) is 63.4 Å². The number of nitrogens with zero attached hydrogens (tertiary/aromatic N) is 4. The van der Waals surface area contributed by atoms with Gasteiger partial charge in [0.05, 0.1) is 19.1 Å². The van der Waals surface area contributed by atoms with Crippen LogP contribution in [0.4, 0.5) is 0 Å². The normalized spacial score (nSPS) is 21.2. The molecule has 0 spiro atoms. The summed E-state index contributed by atoms with van der Waals surface area (Å²) in [4.78, 5) is 38.5. The molecule has 9 nitrogen and oxygen atoms in total. The molecule has 0 saturated carbocycles. The molecule has 1 amide bonds. The summed E-state index contributed by atoms with van der Waals surface area (Å²) in [6.45, 7) is 5.01. The number of aromatic nitrogens is 2. The summed E-state index contributed by atoms with van der Waals surface area (Å²) in [6, 6.07) is 7.48. The molecule has 3 heterocycles. The average molecular weight is 496 g/mol. The lowest BCUT2D eigenvalue weighted by Gasteiger charge is -2.29. The Morgan fingerprint density at radius 1 is 1.25 bits per heavy atom. The smallest absolute Gasteiger partial charge is 0.308 e. The Bertz CT molecular complexity index is 1030. The number of aryl methyl sites for hydroxylation is 1. The highest BCUT2D eigenvalue weighted by Crippen LogP contribution is 2.41. The molecule has 0 radical (unpaired) electrons. The van der Waals surface area contributed by atoms with Gasteiger partial charge in [-0.05, 0) is 36.1 Å². The summed E-state index contributed by atoms with van der Waals surface area (Å²) in [5.74, 6) is -0.139. The van der Waals surface area contributed by atoms with E-state index in [1.165, 1.54) is 0 Å². The highest BCUT2D eigenvalue weighted by Gasteiger charge is 2.47. The number of nitrogens with two attached hydrogens (primary N) is 1. The van der Waals surface area contributed by atoms with E-state index in [9.17, 15) is 14.7 Å². The number of benzene rings is 1. The van der Waals surface area contributed by atoms with Crippen LogP contribution in [-0.4, -0.2) is 82.1 Å². The zero-order valence-corrected chi connectivity index (χ0v) is 21.0. The van der Waals surface area contributed by atoms with E-state index in [2.05, 4.69) is 27.9 Å². The van der Waals surface area contributed by atoms with E-state index in [0.717, 1.165) is 36.1 Å². The molecule has 1 saturated heterocycles. The highest BCUT2D eigenvalue weighted by molar-refractivity contribution is 5.79. The van der Waals surface area contributed by atoms with E-state index in [1.54, 1.807) is 18.5 Å². The maximum absolute atomic E-state index is 13.3. The number of likely N-dealkylation sites (tertiary alicyclic amines) is 1. The molecule has 1 fully saturated rings. The van der Waals surface area contributed by atoms with Gasteiger partial charge in [-0.2, -0.15) is 0 Å². The van der Waals surface area contributed by atoms with Gasteiger partial charge in [-0.3, -0.25) is 14.5 Å². The average Bonchev–Trinajstić information content (AvgIpc) is 3.50. The number of carboxylic acid groups (broad SMARTS) is 1. The molecule has 3 atom stereocenters. The van der Waals surface area contributed by atoms with Crippen LogP contribution < -0.4 is 10.5 Å². The minimum atomic E-state index is -0.838. The zero-order chi connectivity index (χ0) is 25.5. The predicted octanol–water partition coefficient (Wildman–Crippen LogP) is 2.10. The monoisotopic (exact) mass is 495 g/mol. The highest BCUT2D eigenvalue weighted by atomic mass is 16.5. The summed E-state index contributed by atoms with van der Waals surface area (Å²) in [7, 11) is 0. The summed E-state index contributed by atoms with van der Waals surface area (Å²) < 4.78 is 5.65. The second kappa shape index (κ2) is 12.3. The molecule has 2 aliphatic rings. The van der Waals surface area contributed by atoms with Crippen molar-refractivity contribution in [2.45, 2.75) is 51.0 Å². The summed E-state index contributed by atoms with van der Waals surface area (Å²) >= 11 is 0. The third-order valence-corrected chi connectivity index (χ3v) is 7.33. The van der Waals surface area contributed by atoms with Crippen molar-refractivity contribution in [1.82, 2.24) is 19.8 Å². The molecule has 3 unspecified atom stereocenters. The van der Waals surface area contributed by atoms with Crippen molar-refractivity contribution in [2.24, 2.45) is 11.7 Å². The van der Waals surface area contributed by atoms with Gasteiger partial charge in [0.15, 0.2) is 0 Å². The van der Waals surface area contributed by atoms with Gasteiger partial charge in [-0.1, -0.05) is 25.5 Å². The Labute approximate surface area is 212 Å². The van der Waals surface area contributed by atoms with Crippen LogP contribution in [0.2, 0.25) is 0 Å². The molecule has 1 aromatic heterocycles. The SMILES string of the molecule is CCCCN(CCN)C(=O)CN1CC(c2ccc3c(c2)CCO3)C(C(=O)O)C1CCc1ncccn1. The molecule has 0 bridgehead atoms. The van der Waals surface area contributed by atoms with Gasteiger partial charge in [-0.15, -0.1) is 0 Å². The van der Waals surface area contributed by atoms with E-state index in [-0.39, 0.29) is 24.4 Å².